The Hall–Kier alpha value is -1.02. The van der Waals surface area contributed by atoms with Crippen molar-refractivity contribution in [2.45, 2.75) is 0 Å². The molecule has 2 heteroatoms. The van der Waals surface area contributed by atoms with Crippen LogP contribution in [0.25, 0.3) is 10.8 Å². The highest BCUT2D eigenvalue weighted by Gasteiger charge is 1.97. The fraction of sp³-hybridized carbons (Fsp3) is 0.0909. The molecule has 0 unspecified atom stereocenters. The highest BCUT2D eigenvalue weighted by atomic mass is 79.9. The zero-order valence-electron chi connectivity index (χ0n) is 7.37. The number of anilines is 1. The normalized spacial score (nSPS) is 10.3. The molecule has 0 amide bonds. The number of halogens is 1. The monoisotopic (exact) mass is 235 g/mol. The number of rotatable bonds is 1. The molecule has 2 aromatic carbocycles. The lowest BCUT2D eigenvalue weighted by atomic mass is 10.1. The number of hydrogen-bond donors (Lipinski definition) is 0. The second-order valence-corrected chi connectivity index (χ2v) is 4.07. The van der Waals surface area contributed by atoms with E-state index < -0.39 is 0 Å². The van der Waals surface area contributed by atoms with Crippen molar-refractivity contribution in [2.24, 2.45) is 0 Å². The summed E-state index contributed by atoms with van der Waals surface area (Å²) in [4.78, 5) is 0. The minimum atomic E-state index is 1.17. The van der Waals surface area contributed by atoms with Crippen LogP contribution in [0.1, 0.15) is 0 Å². The number of benzene rings is 2. The molecule has 0 spiro atoms. The highest BCUT2D eigenvalue weighted by molar-refractivity contribution is 9.10. The zero-order chi connectivity index (χ0) is 9.26. The summed E-state index contributed by atoms with van der Waals surface area (Å²) in [6.07, 6.45) is 0. The summed E-state index contributed by atoms with van der Waals surface area (Å²) in [5.41, 5.74) is 1.17. The van der Waals surface area contributed by atoms with Crippen LogP contribution in [-0.4, -0.2) is 7.05 Å². The molecule has 0 aliphatic rings. The first-order valence-corrected chi connectivity index (χ1v) is 4.86. The largest absolute Gasteiger partial charge is 0.312 e. The van der Waals surface area contributed by atoms with Gasteiger partial charge < -0.3 is 3.93 Å². The molecule has 0 N–H and O–H groups in total. The summed E-state index contributed by atoms with van der Waals surface area (Å²) in [6.45, 7) is 0. The van der Waals surface area contributed by atoms with Crippen LogP contribution in [0.4, 0.5) is 5.69 Å². The molecule has 0 bridgehead atoms. The third-order valence-corrected chi connectivity index (χ3v) is 2.50. The Bertz CT molecular complexity index is 423. The second-order valence-electron chi connectivity index (χ2n) is 3.01. The van der Waals surface area contributed by atoms with Gasteiger partial charge in [-0.3, -0.25) is 0 Å². The van der Waals surface area contributed by atoms with E-state index in [1.807, 2.05) is 11.0 Å². The fourth-order valence-electron chi connectivity index (χ4n) is 1.37. The molecule has 2 aromatic rings. The zero-order valence-corrected chi connectivity index (χ0v) is 8.95. The molecular weight excluding hydrogens is 226 g/mol. The van der Waals surface area contributed by atoms with Gasteiger partial charge in [-0.15, -0.1) is 0 Å². The maximum Gasteiger partial charge on any atom is 0.0493 e. The van der Waals surface area contributed by atoms with Crippen molar-refractivity contribution in [3.05, 3.63) is 42.5 Å². The quantitative estimate of drug-likeness (QED) is 0.684. The Morgan fingerprint density at radius 2 is 1.69 bits per heavy atom. The molecule has 0 heterocycles. The van der Waals surface area contributed by atoms with Crippen LogP contribution in [0.3, 0.4) is 0 Å². The number of nitrogens with zero attached hydrogens (tertiary/aromatic N) is 1. The maximum atomic E-state index is 3.40. The molecule has 2 rings (SSSR count). The van der Waals surface area contributed by atoms with E-state index in [1.165, 1.54) is 16.5 Å². The Balaban J connectivity index is 2.62. The van der Waals surface area contributed by atoms with Crippen LogP contribution in [0, 0.1) is 0 Å². The summed E-state index contributed by atoms with van der Waals surface area (Å²) in [5, 5.41) is 2.55. The van der Waals surface area contributed by atoms with Crippen LogP contribution in [0.15, 0.2) is 42.5 Å². The van der Waals surface area contributed by atoms with Gasteiger partial charge in [-0.2, -0.15) is 0 Å². The smallest absolute Gasteiger partial charge is 0.0493 e. The number of hydrogen-bond acceptors (Lipinski definition) is 1. The maximum absolute atomic E-state index is 3.40. The van der Waals surface area contributed by atoms with E-state index in [-0.39, 0.29) is 0 Å². The van der Waals surface area contributed by atoms with Crippen LogP contribution >= 0.6 is 16.1 Å². The van der Waals surface area contributed by atoms with E-state index >= 15 is 0 Å². The van der Waals surface area contributed by atoms with Gasteiger partial charge in [-0.25, -0.2) is 0 Å². The minimum absolute atomic E-state index is 1.17. The van der Waals surface area contributed by atoms with Gasteiger partial charge >= 0.3 is 0 Å². The van der Waals surface area contributed by atoms with Crippen LogP contribution < -0.4 is 3.93 Å². The molecule has 0 aliphatic carbocycles. The van der Waals surface area contributed by atoms with Crippen LogP contribution in [0.2, 0.25) is 0 Å². The topological polar surface area (TPSA) is 3.24 Å². The first-order valence-electron chi connectivity index (χ1n) is 4.16. The van der Waals surface area contributed by atoms with Crippen molar-refractivity contribution < 1.29 is 0 Å². The molecule has 0 saturated carbocycles. The molecule has 0 aromatic heterocycles. The van der Waals surface area contributed by atoms with Gasteiger partial charge in [-0.1, -0.05) is 30.3 Å². The summed E-state index contributed by atoms with van der Waals surface area (Å²) in [5.74, 6) is 0. The lowest BCUT2D eigenvalue weighted by Crippen LogP contribution is -1.98. The van der Waals surface area contributed by atoms with Crippen molar-refractivity contribution >= 4 is 32.6 Å². The van der Waals surface area contributed by atoms with E-state index in [9.17, 15) is 0 Å². The van der Waals surface area contributed by atoms with Crippen molar-refractivity contribution in [1.29, 1.82) is 0 Å². The third kappa shape index (κ3) is 1.68. The molecule has 0 atom stereocenters. The van der Waals surface area contributed by atoms with E-state index in [0.717, 1.165) is 0 Å². The molecule has 0 saturated heterocycles. The van der Waals surface area contributed by atoms with Gasteiger partial charge in [0.05, 0.1) is 0 Å². The van der Waals surface area contributed by atoms with Gasteiger partial charge in [0.25, 0.3) is 0 Å². The van der Waals surface area contributed by atoms with Gasteiger partial charge in [0, 0.05) is 28.9 Å². The first-order chi connectivity index (χ1) is 6.27. The minimum Gasteiger partial charge on any atom is -0.312 e. The standard InChI is InChI=1S/C11H10BrN/c1-13(12)11-7-6-9-4-2-3-5-10(9)8-11/h2-8H,1H3. The van der Waals surface area contributed by atoms with Crippen LogP contribution in [0.5, 0.6) is 0 Å². The van der Waals surface area contributed by atoms with E-state index in [2.05, 4.69) is 58.6 Å². The molecule has 66 valence electrons. The average Bonchev–Trinajstić information content (AvgIpc) is 2.17. The summed E-state index contributed by atoms with van der Waals surface area (Å²) in [7, 11) is 1.98. The molecule has 13 heavy (non-hydrogen) atoms. The van der Waals surface area contributed by atoms with Crippen molar-refractivity contribution in [3.63, 3.8) is 0 Å². The van der Waals surface area contributed by atoms with E-state index in [0.29, 0.717) is 0 Å². The SMILES string of the molecule is CN(Br)c1ccc2ccccc2c1. The first kappa shape index (κ1) is 8.57. The van der Waals surface area contributed by atoms with Gasteiger partial charge in [0.2, 0.25) is 0 Å². The predicted octanol–water partition coefficient (Wildman–Crippen LogP) is 3.59. The molecule has 0 aliphatic heterocycles. The van der Waals surface area contributed by atoms with Crippen LogP contribution in [-0.2, 0) is 0 Å². The van der Waals surface area contributed by atoms with E-state index in [1.54, 1.807) is 0 Å². The van der Waals surface area contributed by atoms with Crippen molar-refractivity contribution in [3.8, 4) is 0 Å². The van der Waals surface area contributed by atoms with Crippen molar-refractivity contribution in [1.82, 2.24) is 0 Å². The molecule has 1 nitrogen and oxygen atoms in total. The third-order valence-electron chi connectivity index (χ3n) is 2.09. The predicted molar refractivity (Wildman–Crippen MR) is 61.3 cm³/mol. The van der Waals surface area contributed by atoms with Crippen molar-refractivity contribution in [2.75, 3.05) is 11.0 Å². The summed E-state index contributed by atoms with van der Waals surface area (Å²) >= 11 is 3.40. The summed E-state index contributed by atoms with van der Waals surface area (Å²) < 4.78 is 1.93. The summed E-state index contributed by atoms with van der Waals surface area (Å²) in [6, 6.07) is 14.7. The lowest BCUT2D eigenvalue weighted by molar-refractivity contribution is 1.40. The van der Waals surface area contributed by atoms with Gasteiger partial charge in [0.1, 0.15) is 0 Å². The lowest BCUT2D eigenvalue weighted by Gasteiger charge is -2.09. The average molecular weight is 236 g/mol. The Morgan fingerprint density at radius 1 is 1.00 bits per heavy atom. The van der Waals surface area contributed by atoms with E-state index in [4.69, 9.17) is 0 Å². The Labute approximate surface area is 86.3 Å². The Morgan fingerprint density at radius 3 is 2.38 bits per heavy atom. The fourth-order valence-corrected chi connectivity index (χ4v) is 1.59. The number of fused-ring (bicyclic) bond motifs is 1. The molecule has 0 fully saturated rings. The molecule has 0 radical (unpaired) electrons. The Kier molecular flexibility index (Phi) is 2.23. The second kappa shape index (κ2) is 3.38. The van der Waals surface area contributed by atoms with Gasteiger partial charge in [0.15, 0.2) is 0 Å². The highest BCUT2D eigenvalue weighted by Crippen LogP contribution is 2.22. The van der Waals surface area contributed by atoms with Gasteiger partial charge in [-0.05, 0) is 22.9 Å². The molecular formula is C11H10BrN.